The van der Waals surface area contributed by atoms with Gasteiger partial charge in [-0.2, -0.15) is 5.26 Å². The number of anilines is 1. The minimum Gasteiger partial charge on any atom is -0.343 e. The van der Waals surface area contributed by atoms with Crippen molar-refractivity contribution in [1.82, 2.24) is 14.7 Å². The van der Waals surface area contributed by atoms with Crippen LogP contribution in [0.1, 0.15) is 21.6 Å². The number of fused-ring (bicyclic) bond motifs is 1. The van der Waals surface area contributed by atoms with Crippen LogP contribution < -0.4 is 5.32 Å². The summed E-state index contributed by atoms with van der Waals surface area (Å²) in [5.74, 6) is -0.106. The molecule has 0 saturated carbocycles. The molecule has 4 rings (SSSR count). The molecule has 0 aliphatic carbocycles. The van der Waals surface area contributed by atoms with Crippen LogP contribution in [0.4, 0.5) is 5.00 Å². The van der Waals surface area contributed by atoms with Crippen LogP contribution in [-0.4, -0.2) is 66.3 Å². The topological polar surface area (TPSA) is 79.7 Å². The van der Waals surface area contributed by atoms with Crippen LogP contribution >= 0.6 is 11.3 Å². The third-order valence-corrected chi connectivity index (χ3v) is 6.81. The molecule has 1 N–H and O–H groups in total. The molecule has 0 unspecified atom stereocenters. The highest BCUT2D eigenvalue weighted by molar-refractivity contribution is 7.16. The third-order valence-electron chi connectivity index (χ3n) is 5.67. The van der Waals surface area contributed by atoms with Crippen LogP contribution in [0.5, 0.6) is 0 Å². The van der Waals surface area contributed by atoms with Crippen LogP contribution in [0.2, 0.25) is 0 Å². The van der Waals surface area contributed by atoms with Gasteiger partial charge in [-0.15, -0.1) is 11.3 Å². The zero-order valence-electron chi connectivity index (χ0n) is 16.8. The van der Waals surface area contributed by atoms with Crippen molar-refractivity contribution in [3.8, 4) is 6.07 Å². The molecule has 156 valence electrons. The van der Waals surface area contributed by atoms with Crippen molar-refractivity contribution in [1.29, 1.82) is 5.26 Å². The molecule has 1 saturated heterocycles. The number of nitrogens with zero attached hydrogens (tertiary/aromatic N) is 4. The molecular formula is C22H25N5O2S. The molecule has 2 aliphatic heterocycles. The van der Waals surface area contributed by atoms with Crippen molar-refractivity contribution in [3.63, 3.8) is 0 Å². The summed E-state index contributed by atoms with van der Waals surface area (Å²) < 4.78 is 0. The second-order valence-electron chi connectivity index (χ2n) is 7.73. The van der Waals surface area contributed by atoms with E-state index in [0.717, 1.165) is 38.0 Å². The maximum absolute atomic E-state index is 12.6. The Morgan fingerprint density at radius 2 is 1.90 bits per heavy atom. The smallest absolute Gasteiger partial charge is 0.239 e. The number of piperazine rings is 1. The number of thiophene rings is 1. The van der Waals surface area contributed by atoms with E-state index >= 15 is 0 Å². The second kappa shape index (κ2) is 9.39. The number of amides is 2. The zero-order valence-corrected chi connectivity index (χ0v) is 17.7. The number of carbonyl (C=O) groups is 2. The first-order valence-corrected chi connectivity index (χ1v) is 11.0. The third kappa shape index (κ3) is 4.70. The van der Waals surface area contributed by atoms with Gasteiger partial charge in [0.15, 0.2) is 0 Å². The van der Waals surface area contributed by atoms with Gasteiger partial charge in [0.2, 0.25) is 12.3 Å². The predicted molar refractivity (Wildman–Crippen MR) is 116 cm³/mol. The molecule has 2 amide bonds. The van der Waals surface area contributed by atoms with E-state index < -0.39 is 0 Å². The normalized spacial score (nSPS) is 17.2. The Hall–Kier alpha value is -2.73. The summed E-state index contributed by atoms with van der Waals surface area (Å²) in [7, 11) is 0. The standard InChI is InChI=1S/C22H25N5O2S/c23-12-19-18-6-7-27(13-17-4-2-1-3-5-17)14-20(18)30-22(19)24-21(29)15-25-8-10-26(16-28)11-9-25/h1-5,16H,6-11,13-15H2,(H,24,29). The van der Waals surface area contributed by atoms with E-state index in [1.165, 1.54) is 21.8 Å². The van der Waals surface area contributed by atoms with Crippen molar-refractivity contribution in [2.75, 3.05) is 44.6 Å². The summed E-state index contributed by atoms with van der Waals surface area (Å²) >= 11 is 1.53. The lowest BCUT2D eigenvalue weighted by Crippen LogP contribution is -2.48. The Balaban J connectivity index is 1.39. The number of rotatable bonds is 6. The second-order valence-corrected chi connectivity index (χ2v) is 8.84. The van der Waals surface area contributed by atoms with Crippen molar-refractivity contribution in [3.05, 3.63) is 51.9 Å². The fourth-order valence-corrected chi connectivity index (χ4v) is 5.29. The molecule has 2 aliphatic rings. The molecule has 3 heterocycles. The summed E-state index contributed by atoms with van der Waals surface area (Å²) in [6.45, 7) is 5.53. The van der Waals surface area contributed by atoms with Crippen LogP contribution in [0.3, 0.4) is 0 Å². The largest absolute Gasteiger partial charge is 0.343 e. The highest BCUT2D eigenvalue weighted by Crippen LogP contribution is 2.37. The fourth-order valence-electron chi connectivity index (χ4n) is 4.04. The van der Waals surface area contributed by atoms with Gasteiger partial charge < -0.3 is 10.2 Å². The maximum atomic E-state index is 12.6. The lowest BCUT2D eigenvalue weighted by atomic mass is 10.0. The van der Waals surface area contributed by atoms with Crippen LogP contribution in [0.25, 0.3) is 0 Å². The molecular weight excluding hydrogens is 398 g/mol. The van der Waals surface area contributed by atoms with Gasteiger partial charge in [-0.3, -0.25) is 19.4 Å². The molecule has 1 fully saturated rings. The van der Waals surface area contributed by atoms with E-state index in [9.17, 15) is 14.9 Å². The highest BCUT2D eigenvalue weighted by Gasteiger charge is 2.26. The summed E-state index contributed by atoms with van der Waals surface area (Å²) in [5, 5.41) is 13.3. The molecule has 1 aromatic carbocycles. The Labute approximate surface area is 180 Å². The molecule has 2 aromatic rings. The molecule has 30 heavy (non-hydrogen) atoms. The van der Waals surface area contributed by atoms with E-state index in [0.29, 0.717) is 36.7 Å². The quantitative estimate of drug-likeness (QED) is 0.718. The first-order chi connectivity index (χ1) is 14.7. The average Bonchev–Trinajstić information content (AvgIpc) is 3.10. The van der Waals surface area contributed by atoms with Crippen molar-refractivity contribution >= 4 is 28.7 Å². The van der Waals surface area contributed by atoms with Crippen LogP contribution in [0, 0.1) is 11.3 Å². The number of nitrogens with one attached hydrogen (secondary N) is 1. The van der Waals surface area contributed by atoms with Crippen LogP contribution in [-0.2, 0) is 29.1 Å². The predicted octanol–water partition coefficient (Wildman–Crippen LogP) is 1.89. The van der Waals surface area contributed by atoms with Gasteiger partial charge in [-0.25, -0.2) is 0 Å². The van der Waals surface area contributed by atoms with Gasteiger partial charge in [-0.1, -0.05) is 30.3 Å². The molecule has 7 nitrogen and oxygen atoms in total. The van der Waals surface area contributed by atoms with Gasteiger partial charge >= 0.3 is 0 Å². The summed E-state index contributed by atoms with van der Waals surface area (Å²) in [4.78, 5) is 30.7. The highest BCUT2D eigenvalue weighted by atomic mass is 32.1. The molecule has 0 spiro atoms. The summed E-state index contributed by atoms with van der Waals surface area (Å²) in [5.41, 5.74) is 2.98. The van der Waals surface area contributed by atoms with Crippen molar-refractivity contribution in [2.45, 2.75) is 19.5 Å². The van der Waals surface area contributed by atoms with Crippen LogP contribution in [0.15, 0.2) is 30.3 Å². The van der Waals surface area contributed by atoms with E-state index in [-0.39, 0.29) is 12.5 Å². The number of benzene rings is 1. The molecule has 8 heteroatoms. The summed E-state index contributed by atoms with van der Waals surface area (Å²) in [6, 6.07) is 12.7. The number of hydrogen-bond acceptors (Lipinski definition) is 6. The van der Waals surface area contributed by atoms with E-state index in [1.807, 2.05) is 11.0 Å². The fraction of sp³-hybridized carbons (Fsp3) is 0.409. The lowest BCUT2D eigenvalue weighted by molar-refractivity contribution is -0.120. The minimum atomic E-state index is -0.106. The number of nitriles is 1. The Kier molecular flexibility index (Phi) is 6.43. The Bertz CT molecular complexity index is 944. The van der Waals surface area contributed by atoms with Gasteiger partial charge in [0, 0.05) is 50.7 Å². The minimum absolute atomic E-state index is 0.106. The first-order valence-electron chi connectivity index (χ1n) is 10.2. The average molecular weight is 424 g/mol. The van der Waals surface area contributed by atoms with Crippen molar-refractivity contribution in [2.24, 2.45) is 0 Å². The van der Waals surface area contributed by atoms with Gasteiger partial charge in [0.25, 0.3) is 0 Å². The van der Waals surface area contributed by atoms with Gasteiger partial charge in [0.05, 0.1) is 12.1 Å². The Morgan fingerprint density at radius 1 is 1.13 bits per heavy atom. The Morgan fingerprint density at radius 3 is 2.60 bits per heavy atom. The van der Waals surface area contributed by atoms with Gasteiger partial charge in [0.1, 0.15) is 11.1 Å². The molecule has 1 aromatic heterocycles. The lowest BCUT2D eigenvalue weighted by Gasteiger charge is -2.31. The first kappa shape index (κ1) is 20.5. The molecule has 0 radical (unpaired) electrons. The number of carbonyl (C=O) groups excluding carboxylic acids is 2. The van der Waals surface area contributed by atoms with Gasteiger partial charge in [-0.05, 0) is 17.5 Å². The maximum Gasteiger partial charge on any atom is 0.239 e. The molecule has 0 atom stereocenters. The van der Waals surface area contributed by atoms with E-state index in [4.69, 9.17) is 0 Å². The molecule has 0 bridgehead atoms. The van der Waals surface area contributed by atoms with E-state index in [2.05, 4.69) is 40.6 Å². The SMILES string of the molecule is N#Cc1c(NC(=O)CN2CCN(C=O)CC2)sc2c1CCN(Cc1ccccc1)C2. The number of hydrogen-bond donors (Lipinski definition) is 1. The van der Waals surface area contributed by atoms with E-state index in [1.54, 1.807) is 4.90 Å². The summed E-state index contributed by atoms with van der Waals surface area (Å²) in [6.07, 6.45) is 1.68. The van der Waals surface area contributed by atoms with Crippen molar-refractivity contribution < 1.29 is 9.59 Å². The zero-order chi connectivity index (χ0) is 20.9. The monoisotopic (exact) mass is 423 g/mol.